The van der Waals surface area contributed by atoms with E-state index in [0.717, 1.165) is 0 Å². The Bertz CT molecular complexity index is 1690. The third-order valence-electron chi connectivity index (χ3n) is 6.57. The van der Waals surface area contributed by atoms with Crippen molar-refractivity contribution in [1.29, 1.82) is 0 Å². The lowest BCUT2D eigenvalue weighted by molar-refractivity contribution is -0.135. The number of nitrogens with zero attached hydrogens (tertiary/aromatic N) is 5. The minimum atomic E-state index is -1.16. The molecule has 0 fully saturated rings. The minimum absolute atomic E-state index is 0.0427. The van der Waals surface area contributed by atoms with E-state index in [2.05, 4.69) is 20.8 Å². The Morgan fingerprint density at radius 3 is 2.46 bits per heavy atom. The summed E-state index contributed by atoms with van der Waals surface area (Å²) in [5, 5.41) is 33.2. The average Bonchev–Trinajstić information content (AvgIpc) is 3.50. The quantitative estimate of drug-likeness (QED) is 0.281. The molecule has 13 heteroatoms. The SMILES string of the molecule is O=C(O)c1ccc(NC(=O)C2c3cccc(C(=O)O)c3CCN2C(=O)C=Cc2cc(Cl)ccc2-n2cnnn2)cc1. The van der Waals surface area contributed by atoms with Crippen LogP contribution in [-0.2, 0) is 16.0 Å². The summed E-state index contributed by atoms with van der Waals surface area (Å²) in [5.41, 5.74) is 2.37. The average molecular weight is 573 g/mol. The minimum Gasteiger partial charge on any atom is -0.478 e. The van der Waals surface area contributed by atoms with Crippen LogP contribution >= 0.6 is 11.6 Å². The first-order valence-electron chi connectivity index (χ1n) is 12.2. The largest absolute Gasteiger partial charge is 0.478 e. The fourth-order valence-electron chi connectivity index (χ4n) is 4.69. The number of hydrogen-bond donors (Lipinski definition) is 3. The van der Waals surface area contributed by atoms with Crippen molar-refractivity contribution < 1.29 is 29.4 Å². The summed E-state index contributed by atoms with van der Waals surface area (Å²) in [7, 11) is 0. The van der Waals surface area contributed by atoms with Gasteiger partial charge in [-0.15, -0.1) is 5.10 Å². The molecule has 1 aliphatic rings. The molecule has 0 spiro atoms. The van der Waals surface area contributed by atoms with Crippen molar-refractivity contribution in [3.63, 3.8) is 0 Å². The van der Waals surface area contributed by atoms with Crippen LogP contribution in [-0.4, -0.2) is 65.6 Å². The molecule has 0 saturated carbocycles. The molecular formula is C28H21ClN6O6. The van der Waals surface area contributed by atoms with E-state index >= 15 is 0 Å². The van der Waals surface area contributed by atoms with E-state index in [-0.39, 0.29) is 24.1 Å². The number of aromatic carboxylic acids is 2. The molecule has 3 aromatic carbocycles. The molecule has 1 atom stereocenters. The second-order valence-electron chi connectivity index (χ2n) is 9.03. The number of carboxylic acid groups (broad SMARTS) is 2. The number of amides is 2. The Morgan fingerprint density at radius 1 is 1.00 bits per heavy atom. The lowest BCUT2D eigenvalue weighted by Crippen LogP contribution is -2.45. The van der Waals surface area contributed by atoms with Crippen molar-refractivity contribution in [2.24, 2.45) is 0 Å². The van der Waals surface area contributed by atoms with E-state index in [1.54, 1.807) is 24.3 Å². The number of hydrogen-bond acceptors (Lipinski definition) is 7. The summed E-state index contributed by atoms with van der Waals surface area (Å²) in [5.74, 6) is -3.34. The highest BCUT2D eigenvalue weighted by Gasteiger charge is 2.37. The van der Waals surface area contributed by atoms with Crippen molar-refractivity contribution in [2.45, 2.75) is 12.5 Å². The van der Waals surface area contributed by atoms with E-state index in [1.807, 2.05) is 0 Å². The summed E-state index contributed by atoms with van der Waals surface area (Å²) in [6.07, 6.45) is 4.45. The Labute approximate surface area is 237 Å². The molecule has 4 aromatic rings. The van der Waals surface area contributed by atoms with E-state index in [4.69, 9.17) is 16.7 Å². The number of nitrogens with one attached hydrogen (secondary N) is 1. The molecule has 41 heavy (non-hydrogen) atoms. The molecule has 5 rings (SSSR count). The van der Waals surface area contributed by atoms with Gasteiger partial charge < -0.3 is 20.4 Å². The van der Waals surface area contributed by atoms with Crippen molar-refractivity contribution in [2.75, 3.05) is 11.9 Å². The molecule has 2 amide bonds. The van der Waals surface area contributed by atoms with Crippen LogP contribution in [0.1, 0.15) is 43.4 Å². The maximum Gasteiger partial charge on any atom is 0.335 e. The first kappa shape index (κ1) is 27.2. The predicted molar refractivity (Wildman–Crippen MR) is 147 cm³/mol. The number of carboxylic acids is 2. The fraction of sp³-hybridized carbons (Fsp3) is 0.107. The topological polar surface area (TPSA) is 168 Å². The normalized spacial score (nSPS) is 14.5. The van der Waals surface area contributed by atoms with Crippen LogP contribution in [0.2, 0.25) is 5.02 Å². The highest BCUT2D eigenvalue weighted by Crippen LogP contribution is 2.33. The van der Waals surface area contributed by atoms with Crippen LogP contribution in [0.3, 0.4) is 0 Å². The molecule has 206 valence electrons. The number of rotatable bonds is 7. The van der Waals surface area contributed by atoms with Gasteiger partial charge in [0.1, 0.15) is 12.4 Å². The molecule has 1 unspecified atom stereocenters. The molecule has 0 aliphatic carbocycles. The van der Waals surface area contributed by atoms with Gasteiger partial charge in [-0.1, -0.05) is 23.7 Å². The standard InChI is InChI=1S/C28H21ClN6O6/c29-18-7-10-23(35-15-30-32-33-35)17(14-18)6-11-24(36)34-13-12-20-21(2-1-3-22(20)28(40)41)25(34)26(37)31-19-8-4-16(5-9-19)27(38)39/h1-11,14-15,25H,12-13H2,(H,31,37)(H,38,39)(H,40,41). The summed E-state index contributed by atoms with van der Waals surface area (Å²) in [6, 6.07) is 14.0. The molecule has 3 N–H and O–H groups in total. The Balaban J connectivity index is 1.49. The molecule has 12 nitrogen and oxygen atoms in total. The lowest BCUT2D eigenvalue weighted by atomic mass is 9.88. The fourth-order valence-corrected chi connectivity index (χ4v) is 4.87. The number of tetrazole rings is 1. The first-order chi connectivity index (χ1) is 19.7. The van der Waals surface area contributed by atoms with Crippen molar-refractivity contribution in [3.8, 4) is 5.69 Å². The zero-order valence-corrected chi connectivity index (χ0v) is 21.9. The number of benzene rings is 3. The van der Waals surface area contributed by atoms with Gasteiger partial charge in [0.25, 0.3) is 5.91 Å². The highest BCUT2D eigenvalue weighted by atomic mass is 35.5. The maximum absolute atomic E-state index is 13.6. The van der Waals surface area contributed by atoms with Crippen LogP contribution in [0.25, 0.3) is 11.8 Å². The van der Waals surface area contributed by atoms with Crippen LogP contribution in [0, 0.1) is 0 Å². The summed E-state index contributed by atoms with van der Waals surface area (Å²) in [4.78, 5) is 51.6. The van der Waals surface area contributed by atoms with E-state index in [0.29, 0.717) is 33.1 Å². The molecule has 1 aliphatic heterocycles. The molecular weight excluding hydrogens is 552 g/mol. The van der Waals surface area contributed by atoms with Crippen molar-refractivity contribution in [1.82, 2.24) is 25.1 Å². The number of carbonyl (C=O) groups excluding carboxylic acids is 2. The third-order valence-corrected chi connectivity index (χ3v) is 6.81. The summed E-state index contributed by atoms with van der Waals surface area (Å²) in [6.45, 7) is 0.0753. The molecule has 0 radical (unpaired) electrons. The molecule has 2 heterocycles. The van der Waals surface area contributed by atoms with Crippen LogP contribution in [0.15, 0.2) is 73.1 Å². The molecule has 1 aromatic heterocycles. The van der Waals surface area contributed by atoms with Crippen LogP contribution < -0.4 is 5.32 Å². The van der Waals surface area contributed by atoms with Gasteiger partial charge in [0.2, 0.25) is 5.91 Å². The monoisotopic (exact) mass is 572 g/mol. The number of aromatic nitrogens is 4. The zero-order chi connectivity index (χ0) is 29.1. The number of carbonyl (C=O) groups is 4. The molecule has 0 saturated heterocycles. The van der Waals surface area contributed by atoms with Gasteiger partial charge >= 0.3 is 11.9 Å². The van der Waals surface area contributed by atoms with Gasteiger partial charge in [0.15, 0.2) is 0 Å². The predicted octanol–water partition coefficient (Wildman–Crippen LogP) is 3.49. The Kier molecular flexibility index (Phi) is 7.57. The van der Waals surface area contributed by atoms with Crippen LogP contribution in [0.4, 0.5) is 5.69 Å². The molecule has 0 bridgehead atoms. The van der Waals surface area contributed by atoms with E-state index in [1.165, 1.54) is 64.5 Å². The summed E-state index contributed by atoms with van der Waals surface area (Å²) < 4.78 is 1.41. The van der Waals surface area contributed by atoms with Gasteiger partial charge in [-0.25, -0.2) is 9.59 Å². The Morgan fingerprint density at radius 2 is 1.78 bits per heavy atom. The highest BCUT2D eigenvalue weighted by molar-refractivity contribution is 6.30. The maximum atomic E-state index is 13.6. The zero-order valence-electron chi connectivity index (χ0n) is 21.1. The van der Waals surface area contributed by atoms with Gasteiger partial charge in [0.05, 0.1) is 16.8 Å². The number of fused-ring (bicyclic) bond motifs is 1. The first-order valence-corrected chi connectivity index (χ1v) is 12.6. The second-order valence-corrected chi connectivity index (χ2v) is 9.46. The van der Waals surface area contributed by atoms with Gasteiger partial charge in [-0.05, 0) is 82.6 Å². The van der Waals surface area contributed by atoms with Gasteiger partial charge in [-0.2, -0.15) is 4.68 Å². The van der Waals surface area contributed by atoms with Crippen molar-refractivity contribution >= 4 is 47.1 Å². The van der Waals surface area contributed by atoms with E-state index in [9.17, 15) is 24.3 Å². The van der Waals surface area contributed by atoms with Gasteiger partial charge in [-0.3, -0.25) is 9.59 Å². The number of halogens is 1. The smallest absolute Gasteiger partial charge is 0.335 e. The second kappa shape index (κ2) is 11.4. The number of anilines is 1. The summed E-state index contributed by atoms with van der Waals surface area (Å²) >= 11 is 6.18. The van der Waals surface area contributed by atoms with Gasteiger partial charge in [0, 0.05) is 28.9 Å². The lowest BCUT2D eigenvalue weighted by Gasteiger charge is -2.36. The van der Waals surface area contributed by atoms with Crippen LogP contribution in [0.5, 0.6) is 0 Å². The van der Waals surface area contributed by atoms with Crippen molar-refractivity contribution in [3.05, 3.63) is 106 Å². The third kappa shape index (κ3) is 5.68. The Hall–Kier alpha value is -5.36. The van der Waals surface area contributed by atoms with E-state index < -0.39 is 29.8 Å².